The van der Waals surface area contributed by atoms with Gasteiger partial charge in [0.25, 0.3) is 5.91 Å². The molecule has 3 heterocycles. The van der Waals surface area contributed by atoms with Crippen molar-refractivity contribution in [3.05, 3.63) is 51.4 Å². The maximum atomic E-state index is 13.3. The van der Waals surface area contributed by atoms with Crippen LogP contribution in [0.3, 0.4) is 0 Å². The molecule has 1 aromatic heterocycles. The molecule has 4 rings (SSSR count). The van der Waals surface area contributed by atoms with Crippen molar-refractivity contribution >= 4 is 40.8 Å². The van der Waals surface area contributed by atoms with Gasteiger partial charge in [-0.05, 0) is 63.3 Å². The molecule has 0 aliphatic carbocycles. The van der Waals surface area contributed by atoms with Crippen molar-refractivity contribution in [1.82, 2.24) is 19.8 Å². The summed E-state index contributed by atoms with van der Waals surface area (Å²) in [7, 11) is 0. The van der Waals surface area contributed by atoms with Gasteiger partial charge in [-0.15, -0.1) is 0 Å². The van der Waals surface area contributed by atoms with Crippen LogP contribution in [0, 0.1) is 12.8 Å². The Morgan fingerprint density at radius 2 is 1.89 bits per heavy atom. The lowest BCUT2D eigenvalue weighted by Gasteiger charge is -2.41. The van der Waals surface area contributed by atoms with Crippen LogP contribution in [0.25, 0.3) is 0 Å². The Kier molecular flexibility index (Phi) is 8.46. The van der Waals surface area contributed by atoms with Crippen LogP contribution in [0.2, 0.25) is 10.0 Å². The first-order valence-corrected chi connectivity index (χ1v) is 12.9. The van der Waals surface area contributed by atoms with Crippen molar-refractivity contribution in [2.24, 2.45) is 11.7 Å². The highest BCUT2D eigenvalue weighted by Crippen LogP contribution is 2.26. The van der Waals surface area contributed by atoms with Gasteiger partial charge < -0.3 is 16.0 Å². The molecule has 0 spiro atoms. The topological polar surface area (TPSA) is 104 Å². The number of amides is 2. The zero-order valence-electron chi connectivity index (χ0n) is 20.0. The van der Waals surface area contributed by atoms with Gasteiger partial charge in [0.15, 0.2) is 0 Å². The highest BCUT2D eigenvalue weighted by molar-refractivity contribution is 6.42. The second-order valence-corrected chi connectivity index (χ2v) is 10.2. The summed E-state index contributed by atoms with van der Waals surface area (Å²) >= 11 is 12.1. The van der Waals surface area contributed by atoms with E-state index in [-0.39, 0.29) is 17.7 Å². The first-order chi connectivity index (χ1) is 16.8. The summed E-state index contributed by atoms with van der Waals surface area (Å²) in [5, 5.41) is 4.38. The lowest BCUT2D eigenvalue weighted by atomic mass is 9.93. The number of carbonyl (C=O) groups is 2. The van der Waals surface area contributed by atoms with Crippen LogP contribution in [0.5, 0.6) is 0 Å². The smallest absolute Gasteiger partial charge is 0.272 e. The van der Waals surface area contributed by atoms with Gasteiger partial charge in [-0.3, -0.25) is 14.5 Å². The van der Waals surface area contributed by atoms with Crippen molar-refractivity contribution in [2.75, 3.05) is 38.0 Å². The summed E-state index contributed by atoms with van der Waals surface area (Å²) in [6, 6.07) is 5.97. The minimum atomic E-state index is -0.206. The van der Waals surface area contributed by atoms with Gasteiger partial charge in [-0.25, -0.2) is 9.97 Å². The van der Waals surface area contributed by atoms with Crippen LogP contribution in [0.1, 0.15) is 47.3 Å². The van der Waals surface area contributed by atoms with Gasteiger partial charge in [0.05, 0.1) is 16.0 Å². The predicted molar refractivity (Wildman–Crippen MR) is 138 cm³/mol. The van der Waals surface area contributed by atoms with E-state index in [4.69, 9.17) is 28.9 Å². The molecule has 2 aromatic rings. The van der Waals surface area contributed by atoms with Crippen LogP contribution in [0.4, 0.5) is 5.82 Å². The Bertz CT molecular complexity index is 1070. The lowest BCUT2D eigenvalue weighted by molar-refractivity contribution is -0.123. The molecule has 2 aliphatic rings. The third-order valence-electron chi connectivity index (χ3n) is 7.10. The number of aromatic nitrogens is 2. The maximum Gasteiger partial charge on any atom is 0.272 e. The van der Waals surface area contributed by atoms with E-state index in [0.29, 0.717) is 47.2 Å². The number of nitrogens with zero attached hydrogens (tertiary/aromatic N) is 4. The number of piperidine rings is 2. The molecule has 1 aromatic carbocycles. The zero-order chi connectivity index (χ0) is 24.9. The molecule has 1 atom stereocenters. The minimum Gasteiger partial charge on any atom is -0.369 e. The number of rotatable bonds is 7. The molecule has 8 nitrogen and oxygen atoms in total. The third kappa shape index (κ3) is 6.23. The Balaban J connectivity index is 1.32. The average molecular weight is 519 g/mol. The van der Waals surface area contributed by atoms with Crippen molar-refractivity contribution in [3.8, 4) is 0 Å². The van der Waals surface area contributed by atoms with Gasteiger partial charge in [-0.1, -0.05) is 29.3 Å². The third-order valence-corrected chi connectivity index (χ3v) is 7.84. The van der Waals surface area contributed by atoms with E-state index in [1.807, 2.05) is 24.0 Å². The second kappa shape index (κ2) is 11.5. The molecule has 2 fully saturated rings. The highest BCUT2D eigenvalue weighted by Gasteiger charge is 2.32. The molecule has 2 amide bonds. The summed E-state index contributed by atoms with van der Waals surface area (Å²) in [5.41, 5.74) is 7.78. The number of hydrogen-bond donors (Lipinski definition) is 2. The Morgan fingerprint density at radius 1 is 1.11 bits per heavy atom. The molecule has 0 radical (unpaired) electrons. The van der Waals surface area contributed by atoms with Crippen LogP contribution >= 0.6 is 23.2 Å². The summed E-state index contributed by atoms with van der Waals surface area (Å²) in [4.78, 5) is 37.8. The summed E-state index contributed by atoms with van der Waals surface area (Å²) < 4.78 is 0. The SMILES string of the molecule is Cc1c(NCCc2ccc(Cl)c(Cl)c2)ncnc1C(=O)N1CCC(N2CCC[C@H](C(N)=O)C2)CC1. The number of anilines is 1. The molecule has 0 saturated carbocycles. The number of likely N-dealkylation sites (tertiary alicyclic amines) is 2. The molecule has 2 aliphatic heterocycles. The number of primary amides is 1. The fourth-order valence-corrected chi connectivity index (χ4v) is 5.34. The molecule has 188 valence electrons. The Hall–Kier alpha value is -2.42. The average Bonchev–Trinajstić information content (AvgIpc) is 2.87. The van der Waals surface area contributed by atoms with Gasteiger partial charge in [0, 0.05) is 37.8 Å². The number of nitrogens with two attached hydrogens (primary N) is 1. The monoisotopic (exact) mass is 518 g/mol. The predicted octanol–water partition coefficient (Wildman–Crippen LogP) is 3.55. The van der Waals surface area contributed by atoms with Crippen molar-refractivity contribution in [2.45, 2.75) is 45.1 Å². The molecule has 0 unspecified atom stereocenters. The van der Waals surface area contributed by atoms with Crippen LogP contribution in [0.15, 0.2) is 24.5 Å². The van der Waals surface area contributed by atoms with E-state index in [2.05, 4.69) is 20.2 Å². The normalized spacial score (nSPS) is 19.5. The van der Waals surface area contributed by atoms with Crippen molar-refractivity contribution < 1.29 is 9.59 Å². The Labute approximate surface area is 216 Å². The standard InChI is InChI=1S/C25H32Cl2N6O2/c1-16-22(30-15-31-24(16)29-9-6-17-4-5-20(26)21(27)13-17)25(35)32-11-7-19(8-12-32)33-10-2-3-18(14-33)23(28)34/h4-5,13,15,18-19H,2-3,6-12,14H2,1H3,(H2,28,34)(H,29,30,31)/t18-/m0/s1. The molecule has 10 heteroatoms. The largest absolute Gasteiger partial charge is 0.369 e. The number of hydrogen-bond acceptors (Lipinski definition) is 6. The molecule has 0 bridgehead atoms. The van der Waals surface area contributed by atoms with E-state index in [1.165, 1.54) is 6.33 Å². The first-order valence-electron chi connectivity index (χ1n) is 12.2. The zero-order valence-corrected chi connectivity index (χ0v) is 21.5. The van der Waals surface area contributed by atoms with Gasteiger partial charge in [0.2, 0.25) is 5.91 Å². The van der Waals surface area contributed by atoms with E-state index >= 15 is 0 Å². The quantitative estimate of drug-likeness (QED) is 0.580. The minimum absolute atomic E-state index is 0.0605. The number of halogens is 2. The summed E-state index contributed by atoms with van der Waals surface area (Å²) in [5.74, 6) is 0.325. The fourth-order valence-electron chi connectivity index (χ4n) is 5.02. The summed E-state index contributed by atoms with van der Waals surface area (Å²) in [6.45, 7) is 5.58. The van der Waals surface area contributed by atoms with Gasteiger partial charge in [0.1, 0.15) is 17.8 Å². The number of benzene rings is 1. The fraction of sp³-hybridized carbons (Fsp3) is 0.520. The van der Waals surface area contributed by atoms with E-state index in [9.17, 15) is 9.59 Å². The molecule has 35 heavy (non-hydrogen) atoms. The highest BCUT2D eigenvalue weighted by atomic mass is 35.5. The van der Waals surface area contributed by atoms with E-state index in [1.54, 1.807) is 6.07 Å². The lowest BCUT2D eigenvalue weighted by Crippen LogP contribution is -2.51. The van der Waals surface area contributed by atoms with E-state index in [0.717, 1.165) is 56.3 Å². The number of carbonyl (C=O) groups excluding carboxylic acids is 2. The maximum absolute atomic E-state index is 13.3. The molecular formula is C25H32Cl2N6O2. The first kappa shape index (κ1) is 25.7. The molecule has 2 saturated heterocycles. The molecule has 3 N–H and O–H groups in total. The summed E-state index contributed by atoms with van der Waals surface area (Å²) in [6.07, 6.45) is 5.82. The van der Waals surface area contributed by atoms with Crippen LogP contribution < -0.4 is 11.1 Å². The second-order valence-electron chi connectivity index (χ2n) is 9.38. The van der Waals surface area contributed by atoms with Gasteiger partial charge >= 0.3 is 0 Å². The van der Waals surface area contributed by atoms with E-state index < -0.39 is 0 Å². The van der Waals surface area contributed by atoms with Crippen molar-refractivity contribution in [3.63, 3.8) is 0 Å². The molecular weight excluding hydrogens is 487 g/mol. The van der Waals surface area contributed by atoms with Crippen molar-refractivity contribution in [1.29, 1.82) is 0 Å². The Morgan fingerprint density at radius 3 is 2.60 bits per heavy atom. The van der Waals surface area contributed by atoms with Crippen LogP contribution in [-0.2, 0) is 11.2 Å². The number of nitrogens with one attached hydrogen (secondary N) is 1. The van der Waals surface area contributed by atoms with Crippen LogP contribution in [-0.4, -0.2) is 70.3 Å². The van der Waals surface area contributed by atoms with Gasteiger partial charge in [-0.2, -0.15) is 0 Å².